The van der Waals surface area contributed by atoms with Gasteiger partial charge in [0.05, 0.1) is 6.54 Å². The van der Waals surface area contributed by atoms with Gasteiger partial charge in [0, 0.05) is 0 Å². The lowest BCUT2D eigenvalue weighted by molar-refractivity contribution is 0.0570. The summed E-state index contributed by atoms with van der Waals surface area (Å²) in [7, 11) is -3.93. The third kappa shape index (κ3) is 7.78. The van der Waals surface area contributed by atoms with Crippen molar-refractivity contribution in [2.75, 3.05) is 6.54 Å². The Bertz CT molecular complexity index is 361. The quantitative estimate of drug-likeness (QED) is 0.672. The van der Waals surface area contributed by atoms with Gasteiger partial charge >= 0.3 is 16.3 Å². The Balaban J connectivity index is 4.25. The number of rotatable bonds is 3. The number of terminal acetylenes is 1. The molecule has 0 spiro atoms. The van der Waals surface area contributed by atoms with Crippen LogP contribution in [0.4, 0.5) is 4.79 Å². The summed E-state index contributed by atoms with van der Waals surface area (Å²) >= 11 is 0. The van der Waals surface area contributed by atoms with Gasteiger partial charge in [-0.25, -0.2) is 9.52 Å². The van der Waals surface area contributed by atoms with Crippen LogP contribution in [-0.2, 0) is 14.9 Å². The molecule has 0 fully saturated rings. The van der Waals surface area contributed by atoms with Crippen LogP contribution in [0.25, 0.3) is 0 Å². The van der Waals surface area contributed by atoms with Crippen molar-refractivity contribution in [2.24, 2.45) is 0 Å². The fourth-order valence-electron chi connectivity index (χ4n) is 0.581. The molecule has 2 N–H and O–H groups in total. The first-order chi connectivity index (χ1) is 6.66. The number of ether oxygens (including phenoxy) is 1. The molecule has 0 atom stereocenters. The molecule has 0 saturated carbocycles. The normalized spacial score (nSPS) is 11.6. The second-order valence-electron chi connectivity index (χ2n) is 3.63. The monoisotopic (exact) mass is 234 g/mol. The van der Waals surface area contributed by atoms with Crippen molar-refractivity contribution in [1.82, 2.24) is 9.44 Å². The van der Waals surface area contributed by atoms with E-state index in [4.69, 9.17) is 11.2 Å². The molecule has 0 bridgehead atoms. The molecule has 0 aromatic carbocycles. The predicted octanol–water partition coefficient (Wildman–Crippen LogP) is -0.0213. The zero-order valence-corrected chi connectivity index (χ0v) is 9.64. The number of carbonyl (C=O) groups excluding carboxylic acids is 1. The zero-order valence-electron chi connectivity index (χ0n) is 8.83. The van der Waals surface area contributed by atoms with E-state index in [-0.39, 0.29) is 6.54 Å². The fraction of sp³-hybridized carbons (Fsp3) is 0.625. The van der Waals surface area contributed by atoms with E-state index in [1.807, 2.05) is 4.72 Å². The van der Waals surface area contributed by atoms with Crippen LogP contribution >= 0.6 is 0 Å². The van der Waals surface area contributed by atoms with Gasteiger partial charge in [-0.2, -0.15) is 13.1 Å². The zero-order chi connectivity index (χ0) is 12.1. The van der Waals surface area contributed by atoms with Gasteiger partial charge in [0.15, 0.2) is 0 Å². The van der Waals surface area contributed by atoms with Crippen molar-refractivity contribution >= 4 is 16.3 Å². The second kappa shape index (κ2) is 5.00. The van der Waals surface area contributed by atoms with Gasteiger partial charge in [-0.05, 0) is 20.8 Å². The molecule has 0 aliphatic heterocycles. The average molecular weight is 234 g/mol. The van der Waals surface area contributed by atoms with E-state index < -0.39 is 21.9 Å². The summed E-state index contributed by atoms with van der Waals surface area (Å²) < 4.78 is 30.5. The second-order valence-corrected chi connectivity index (χ2v) is 5.13. The summed E-state index contributed by atoms with van der Waals surface area (Å²) in [4.78, 5) is 11.0. The van der Waals surface area contributed by atoms with Gasteiger partial charge in [0.1, 0.15) is 5.60 Å². The maximum Gasteiger partial charge on any atom is 0.422 e. The van der Waals surface area contributed by atoms with Crippen molar-refractivity contribution in [3.8, 4) is 12.3 Å². The lowest BCUT2D eigenvalue weighted by Crippen LogP contribution is -2.42. The molecule has 0 aromatic heterocycles. The first-order valence-corrected chi connectivity index (χ1v) is 5.58. The van der Waals surface area contributed by atoms with Crippen LogP contribution in [0.2, 0.25) is 0 Å². The summed E-state index contributed by atoms with van der Waals surface area (Å²) in [5.74, 6) is 2.06. The summed E-state index contributed by atoms with van der Waals surface area (Å²) in [6.07, 6.45) is 3.80. The van der Waals surface area contributed by atoms with E-state index in [9.17, 15) is 13.2 Å². The Hall–Kier alpha value is -1.26. The number of amides is 1. The highest BCUT2D eigenvalue weighted by Gasteiger charge is 2.20. The van der Waals surface area contributed by atoms with E-state index in [1.54, 1.807) is 25.5 Å². The minimum Gasteiger partial charge on any atom is -0.443 e. The van der Waals surface area contributed by atoms with Crippen LogP contribution in [-0.4, -0.2) is 26.7 Å². The molecule has 0 rings (SSSR count). The Labute approximate surface area is 89.6 Å². The Morgan fingerprint density at radius 1 is 1.47 bits per heavy atom. The third-order valence-corrected chi connectivity index (χ3v) is 1.94. The van der Waals surface area contributed by atoms with Gasteiger partial charge in [-0.15, -0.1) is 6.42 Å². The molecule has 0 saturated heterocycles. The van der Waals surface area contributed by atoms with Gasteiger partial charge in [-0.1, -0.05) is 5.92 Å². The van der Waals surface area contributed by atoms with Crippen LogP contribution in [0.15, 0.2) is 0 Å². The lowest BCUT2D eigenvalue weighted by Gasteiger charge is -2.19. The Morgan fingerprint density at radius 3 is 2.40 bits per heavy atom. The van der Waals surface area contributed by atoms with E-state index >= 15 is 0 Å². The molecule has 15 heavy (non-hydrogen) atoms. The van der Waals surface area contributed by atoms with Gasteiger partial charge < -0.3 is 4.74 Å². The van der Waals surface area contributed by atoms with Gasteiger partial charge in [-0.3, -0.25) is 0 Å². The highest BCUT2D eigenvalue weighted by Crippen LogP contribution is 2.06. The number of hydrogen-bond donors (Lipinski definition) is 2. The molecular weight excluding hydrogens is 220 g/mol. The van der Waals surface area contributed by atoms with Crippen molar-refractivity contribution < 1.29 is 17.9 Å². The first-order valence-electron chi connectivity index (χ1n) is 4.10. The number of carbonyl (C=O) groups is 1. The maximum absolute atomic E-state index is 11.1. The Morgan fingerprint density at radius 2 is 2.00 bits per heavy atom. The molecule has 0 radical (unpaired) electrons. The van der Waals surface area contributed by atoms with E-state index in [1.165, 1.54) is 0 Å². The summed E-state index contributed by atoms with van der Waals surface area (Å²) in [6.45, 7) is 4.66. The fourth-order valence-corrected chi connectivity index (χ4v) is 1.19. The number of hydrogen-bond acceptors (Lipinski definition) is 4. The molecule has 6 nitrogen and oxygen atoms in total. The average Bonchev–Trinajstić information content (AvgIpc) is 1.95. The largest absolute Gasteiger partial charge is 0.443 e. The van der Waals surface area contributed by atoms with Gasteiger partial charge in [0.2, 0.25) is 0 Å². The molecule has 7 heteroatoms. The molecule has 0 unspecified atom stereocenters. The molecule has 1 amide bonds. The topological polar surface area (TPSA) is 84.5 Å². The third-order valence-electron chi connectivity index (χ3n) is 0.981. The van der Waals surface area contributed by atoms with E-state index in [2.05, 4.69) is 5.92 Å². The smallest absolute Gasteiger partial charge is 0.422 e. The summed E-state index contributed by atoms with van der Waals surface area (Å²) in [5.41, 5.74) is -0.758. The van der Waals surface area contributed by atoms with Gasteiger partial charge in [0.25, 0.3) is 0 Å². The molecule has 0 aliphatic carbocycles. The molecule has 0 aromatic rings. The van der Waals surface area contributed by atoms with Crippen LogP contribution < -0.4 is 9.44 Å². The van der Waals surface area contributed by atoms with Crippen molar-refractivity contribution in [2.45, 2.75) is 26.4 Å². The molecule has 0 aliphatic rings. The van der Waals surface area contributed by atoms with Crippen molar-refractivity contribution in [3.05, 3.63) is 0 Å². The van der Waals surface area contributed by atoms with Crippen molar-refractivity contribution in [3.63, 3.8) is 0 Å². The lowest BCUT2D eigenvalue weighted by atomic mass is 10.2. The molecule has 86 valence electrons. The van der Waals surface area contributed by atoms with Crippen LogP contribution in [0.1, 0.15) is 20.8 Å². The van der Waals surface area contributed by atoms with E-state index in [0.29, 0.717) is 0 Å². The minimum atomic E-state index is -3.93. The maximum atomic E-state index is 11.1. The molecule has 0 heterocycles. The standard InChI is InChI=1S/C8H14N2O4S/c1-5-6-9-15(12,13)10-7(11)14-8(2,3)4/h1,9H,6H2,2-4H3,(H,10,11). The summed E-state index contributed by atoms with van der Waals surface area (Å²) in [5, 5.41) is 0. The molecular formula is C8H14N2O4S. The predicted molar refractivity (Wildman–Crippen MR) is 55.1 cm³/mol. The Kier molecular flexibility index (Phi) is 4.58. The minimum absolute atomic E-state index is 0.196. The SMILES string of the molecule is C#CCNS(=O)(=O)NC(=O)OC(C)(C)C. The van der Waals surface area contributed by atoms with Crippen LogP contribution in [0, 0.1) is 12.3 Å². The van der Waals surface area contributed by atoms with Crippen LogP contribution in [0.3, 0.4) is 0 Å². The highest BCUT2D eigenvalue weighted by molar-refractivity contribution is 7.88. The van der Waals surface area contributed by atoms with Crippen LogP contribution in [0.5, 0.6) is 0 Å². The van der Waals surface area contributed by atoms with Crippen molar-refractivity contribution in [1.29, 1.82) is 0 Å². The van der Waals surface area contributed by atoms with E-state index in [0.717, 1.165) is 0 Å². The highest BCUT2D eigenvalue weighted by atomic mass is 32.2. The number of nitrogens with one attached hydrogen (secondary N) is 2. The summed E-state index contributed by atoms with van der Waals surface area (Å²) in [6, 6.07) is 0. The first kappa shape index (κ1) is 13.7.